The van der Waals surface area contributed by atoms with Crippen molar-refractivity contribution < 1.29 is 23.1 Å². The molecular weight excluding hydrogens is 629 g/mol. The lowest BCUT2D eigenvalue weighted by atomic mass is 9.95. The number of aromatic nitrogens is 1. The maximum atomic E-state index is 14.1. The number of primary amides is 1. The largest absolute Gasteiger partial charge is 0.488 e. The summed E-state index contributed by atoms with van der Waals surface area (Å²) in [5.74, 6) is -0.448. The Bertz CT molecular complexity index is 2180. The molecule has 3 N–H and O–H groups in total. The molecule has 240 valence electrons. The summed E-state index contributed by atoms with van der Waals surface area (Å²) >= 11 is 6.20. The summed E-state index contributed by atoms with van der Waals surface area (Å²) in [5, 5.41) is 4.37. The molecule has 2 aromatic heterocycles. The zero-order chi connectivity index (χ0) is 33.4. The van der Waals surface area contributed by atoms with Crippen molar-refractivity contribution in [3.8, 4) is 16.9 Å². The number of aryl methyl sites for hydroxylation is 1. The van der Waals surface area contributed by atoms with Crippen LogP contribution in [0.5, 0.6) is 5.75 Å². The summed E-state index contributed by atoms with van der Waals surface area (Å²) in [7, 11) is 0. The van der Waals surface area contributed by atoms with Crippen molar-refractivity contribution in [1.82, 2.24) is 10.3 Å². The van der Waals surface area contributed by atoms with Crippen LogP contribution in [0, 0.1) is 12.7 Å². The molecule has 4 aromatic carbocycles. The number of amides is 2. The standard InChI is InChI=1S/C39H31ClFN3O4/c1-23-17-33(47-22-25-5-4-6-27(40)18-25)31(38(46)44-39(14-15-39)35-7-2-3-16-43-35)21-29(23)26-10-13-32-30(20-26)36(37(42)45)34(48-32)19-24-8-11-28(41)12-9-24/h2-13,16-18,20-21H,14-15,19,22H2,1H3,(H2,42,45)(H,44,46). The summed E-state index contributed by atoms with van der Waals surface area (Å²) in [6, 6.07) is 28.3. The second kappa shape index (κ2) is 12.6. The van der Waals surface area contributed by atoms with E-state index in [2.05, 4.69) is 10.3 Å². The highest BCUT2D eigenvalue weighted by atomic mass is 35.5. The van der Waals surface area contributed by atoms with Gasteiger partial charge in [-0.15, -0.1) is 0 Å². The van der Waals surface area contributed by atoms with Gasteiger partial charge in [0.2, 0.25) is 0 Å². The van der Waals surface area contributed by atoms with Crippen LogP contribution < -0.4 is 15.8 Å². The number of fused-ring (bicyclic) bond motifs is 1. The molecule has 9 heteroatoms. The van der Waals surface area contributed by atoms with Gasteiger partial charge < -0.3 is 20.2 Å². The van der Waals surface area contributed by atoms with Crippen molar-refractivity contribution in [1.29, 1.82) is 0 Å². The van der Waals surface area contributed by atoms with Crippen LogP contribution in [0.1, 0.15) is 61.7 Å². The van der Waals surface area contributed by atoms with E-state index in [1.807, 2.05) is 67.6 Å². The molecule has 0 radical (unpaired) electrons. The number of rotatable bonds is 10. The van der Waals surface area contributed by atoms with E-state index in [1.54, 1.807) is 30.5 Å². The first-order valence-corrected chi connectivity index (χ1v) is 15.9. The lowest BCUT2D eigenvalue weighted by Crippen LogP contribution is -2.35. The van der Waals surface area contributed by atoms with Gasteiger partial charge in [0.05, 0.1) is 22.4 Å². The predicted octanol–water partition coefficient (Wildman–Crippen LogP) is 8.28. The number of ether oxygens (including phenoxy) is 1. The molecule has 0 saturated heterocycles. The van der Waals surface area contributed by atoms with Crippen LogP contribution in [0.15, 0.2) is 108 Å². The zero-order valence-electron chi connectivity index (χ0n) is 26.1. The van der Waals surface area contributed by atoms with Crippen LogP contribution in [0.4, 0.5) is 4.39 Å². The summed E-state index contributed by atoms with van der Waals surface area (Å²) in [6.07, 6.45) is 3.55. The van der Waals surface area contributed by atoms with Crippen LogP contribution in [0.2, 0.25) is 5.02 Å². The third-order valence-corrected chi connectivity index (χ3v) is 8.94. The number of furan rings is 1. The second-order valence-corrected chi connectivity index (χ2v) is 12.5. The van der Waals surface area contributed by atoms with E-state index in [4.69, 9.17) is 26.5 Å². The van der Waals surface area contributed by atoms with Crippen LogP contribution >= 0.6 is 11.6 Å². The number of nitrogens with two attached hydrogens (primary N) is 1. The lowest BCUT2D eigenvalue weighted by Gasteiger charge is -2.20. The van der Waals surface area contributed by atoms with Gasteiger partial charge in [-0.3, -0.25) is 14.6 Å². The molecule has 1 fully saturated rings. The van der Waals surface area contributed by atoms with Crippen molar-refractivity contribution in [3.63, 3.8) is 0 Å². The highest BCUT2D eigenvalue weighted by Crippen LogP contribution is 2.45. The topological polar surface area (TPSA) is 107 Å². The molecule has 7 nitrogen and oxygen atoms in total. The Morgan fingerprint density at radius 2 is 1.79 bits per heavy atom. The fraction of sp³-hybridized carbons (Fsp3) is 0.154. The van der Waals surface area contributed by atoms with Crippen LogP contribution in [-0.4, -0.2) is 16.8 Å². The molecule has 0 aliphatic heterocycles. The monoisotopic (exact) mass is 659 g/mol. The average molecular weight is 660 g/mol. The Morgan fingerprint density at radius 3 is 2.50 bits per heavy atom. The first kappa shape index (κ1) is 31.1. The number of hydrogen-bond acceptors (Lipinski definition) is 5. The van der Waals surface area contributed by atoms with Gasteiger partial charge in [-0.1, -0.05) is 48.0 Å². The first-order valence-electron chi connectivity index (χ1n) is 15.5. The number of nitrogens with zero attached hydrogens (tertiary/aromatic N) is 1. The van der Waals surface area contributed by atoms with Gasteiger partial charge in [0.25, 0.3) is 11.8 Å². The van der Waals surface area contributed by atoms with Crippen molar-refractivity contribution in [2.45, 2.75) is 38.3 Å². The van der Waals surface area contributed by atoms with E-state index in [0.717, 1.165) is 46.4 Å². The number of pyridine rings is 1. The van der Waals surface area contributed by atoms with Gasteiger partial charge in [0, 0.05) is 23.0 Å². The van der Waals surface area contributed by atoms with Crippen LogP contribution in [0.3, 0.4) is 0 Å². The quantitative estimate of drug-likeness (QED) is 0.154. The van der Waals surface area contributed by atoms with Crippen molar-refractivity contribution in [2.24, 2.45) is 5.73 Å². The Balaban J connectivity index is 1.27. The Labute approximate surface area is 281 Å². The van der Waals surface area contributed by atoms with Crippen molar-refractivity contribution in [3.05, 3.63) is 153 Å². The SMILES string of the molecule is Cc1cc(OCc2cccc(Cl)c2)c(C(=O)NC2(c3ccccn3)CC2)cc1-c1ccc2oc(Cc3ccc(F)cc3)c(C(N)=O)c2c1. The molecule has 7 rings (SSSR count). The number of carbonyl (C=O) groups excluding carboxylic acids is 2. The smallest absolute Gasteiger partial charge is 0.255 e. The highest BCUT2D eigenvalue weighted by molar-refractivity contribution is 6.30. The van der Waals surface area contributed by atoms with Crippen LogP contribution in [-0.2, 0) is 18.6 Å². The molecule has 1 saturated carbocycles. The molecule has 0 bridgehead atoms. The number of halogens is 2. The number of benzene rings is 4. The normalized spacial score (nSPS) is 13.3. The molecule has 1 aliphatic rings. The van der Waals surface area contributed by atoms with Gasteiger partial charge in [-0.25, -0.2) is 4.39 Å². The average Bonchev–Trinajstić information content (AvgIpc) is 3.77. The molecule has 1 aliphatic carbocycles. The van der Waals surface area contributed by atoms with Gasteiger partial charge in [0.15, 0.2) is 0 Å². The molecule has 6 aromatic rings. The third kappa shape index (κ3) is 6.27. The van der Waals surface area contributed by atoms with E-state index in [-0.39, 0.29) is 30.3 Å². The van der Waals surface area contributed by atoms with E-state index < -0.39 is 11.4 Å². The predicted molar refractivity (Wildman–Crippen MR) is 183 cm³/mol. The molecule has 2 amide bonds. The van der Waals surface area contributed by atoms with Gasteiger partial charge in [-0.2, -0.15) is 0 Å². The molecule has 0 atom stereocenters. The molecule has 0 spiro atoms. The third-order valence-electron chi connectivity index (χ3n) is 8.71. The molecule has 0 unspecified atom stereocenters. The minimum atomic E-state index is -0.631. The van der Waals surface area contributed by atoms with Crippen molar-refractivity contribution >= 4 is 34.4 Å². The highest BCUT2D eigenvalue weighted by Gasteiger charge is 2.47. The number of carbonyl (C=O) groups is 2. The first-order chi connectivity index (χ1) is 23.2. The Morgan fingerprint density at radius 1 is 0.979 bits per heavy atom. The second-order valence-electron chi connectivity index (χ2n) is 12.1. The summed E-state index contributed by atoms with van der Waals surface area (Å²) in [6.45, 7) is 2.15. The minimum Gasteiger partial charge on any atom is -0.488 e. The van der Waals surface area contributed by atoms with Gasteiger partial charge in [0.1, 0.15) is 29.5 Å². The van der Waals surface area contributed by atoms with E-state index in [9.17, 15) is 14.0 Å². The fourth-order valence-electron chi connectivity index (χ4n) is 6.08. The van der Waals surface area contributed by atoms with Gasteiger partial charge >= 0.3 is 0 Å². The molecular formula is C39H31ClFN3O4. The van der Waals surface area contributed by atoms with Gasteiger partial charge in [-0.05, 0) is 108 Å². The minimum absolute atomic E-state index is 0.213. The zero-order valence-corrected chi connectivity index (χ0v) is 26.8. The van der Waals surface area contributed by atoms with Crippen molar-refractivity contribution in [2.75, 3.05) is 0 Å². The maximum absolute atomic E-state index is 14.1. The maximum Gasteiger partial charge on any atom is 0.255 e. The summed E-state index contributed by atoms with van der Waals surface area (Å²) < 4.78 is 25.9. The number of nitrogens with one attached hydrogen (secondary N) is 1. The lowest BCUT2D eigenvalue weighted by molar-refractivity contribution is 0.0924. The van der Waals surface area contributed by atoms with E-state index in [0.29, 0.717) is 33.1 Å². The fourth-order valence-corrected chi connectivity index (χ4v) is 6.29. The Hall–Kier alpha value is -5.47. The van der Waals surface area contributed by atoms with E-state index in [1.165, 1.54) is 12.1 Å². The summed E-state index contributed by atoms with van der Waals surface area (Å²) in [4.78, 5) is 31.3. The van der Waals surface area contributed by atoms with Crippen LogP contribution in [0.25, 0.3) is 22.1 Å². The molecule has 48 heavy (non-hydrogen) atoms. The molecule has 2 heterocycles. The number of hydrogen-bond donors (Lipinski definition) is 2. The summed E-state index contributed by atoms with van der Waals surface area (Å²) in [5.41, 5.74) is 11.3. The van der Waals surface area contributed by atoms with E-state index >= 15 is 0 Å². The Kier molecular flexibility index (Phi) is 8.19.